The molecule has 1 aromatic heterocycles. The van der Waals surface area contributed by atoms with Gasteiger partial charge in [-0.2, -0.15) is 0 Å². The zero-order chi connectivity index (χ0) is 19.7. The van der Waals surface area contributed by atoms with Gasteiger partial charge in [-0.25, -0.2) is 4.39 Å². The molecule has 1 N–H and O–H groups in total. The molecule has 0 aliphatic heterocycles. The predicted octanol–water partition coefficient (Wildman–Crippen LogP) is 2.90. The van der Waals surface area contributed by atoms with E-state index in [-0.39, 0.29) is 5.91 Å². The Morgan fingerprint density at radius 1 is 0.963 bits per heavy atom. The largest absolute Gasteiger partial charge is 0.322 e. The monoisotopic (exact) mass is 369 g/mol. The maximum atomic E-state index is 13.0. The third kappa shape index (κ3) is 3.28. The van der Waals surface area contributed by atoms with Crippen molar-refractivity contribution in [2.45, 2.75) is 33.9 Å². The fourth-order valence-electron chi connectivity index (χ4n) is 3.12. The Morgan fingerprint density at radius 2 is 1.48 bits per heavy atom. The number of nitrogens with one attached hydrogen (secondary N) is 1. The molecule has 0 bridgehead atoms. The highest BCUT2D eigenvalue weighted by molar-refractivity contribution is 6.05. The molecular formula is C20H20FN3O3. The van der Waals surface area contributed by atoms with Crippen molar-refractivity contribution in [3.05, 3.63) is 74.0 Å². The molecule has 3 aromatic rings. The summed E-state index contributed by atoms with van der Waals surface area (Å²) in [6, 6.07) is 8.72. The quantitative estimate of drug-likeness (QED) is 0.719. The van der Waals surface area contributed by atoms with E-state index in [9.17, 15) is 18.8 Å². The summed E-state index contributed by atoms with van der Waals surface area (Å²) in [6.07, 6.45) is 0. The lowest BCUT2D eigenvalue weighted by Crippen LogP contribution is -2.41. The third-order valence-electron chi connectivity index (χ3n) is 4.56. The van der Waals surface area contributed by atoms with Crippen molar-refractivity contribution < 1.29 is 9.18 Å². The second-order valence-electron chi connectivity index (χ2n) is 6.22. The first-order valence-electron chi connectivity index (χ1n) is 8.72. The van der Waals surface area contributed by atoms with Crippen LogP contribution in [0.5, 0.6) is 0 Å². The highest BCUT2D eigenvalue weighted by Crippen LogP contribution is 2.23. The van der Waals surface area contributed by atoms with Gasteiger partial charge in [-0.05, 0) is 62.7 Å². The van der Waals surface area contributed by atoms with Gasteiger partial charge < -0.3 is 14.5 Å². The van der Waals surface area contributed by atoms with E-state index in [0.29, 0.717) is 35.4 Å². The summed E-state index contributed by atoms with van der Waals surface area (Å²) in [5.74, 6) is -0.801. The van der Waals surface area contributed by atoms with Gasteiger partial charge in [-0.15, -0.1) is 0 Å². The highest BCUT2D eigenvalue weighted by Gasteiger charge is 2.15. The number of nitrogens with zero attached hydrogens (tertiary/aromatic N) is 2. The Kier molecular flexibility index (Phi) is 4.94. The number of hydrogen-bond acceptors (Lipinski definition) is 3. The van der Waals surface area contributed by atoms with Gasteiger partial charge in [0.2, 0.25) is 0 Å². The Balaban J connectivity index is 2.15. The molecule has 0 atom stereocenters. The predicted molar refractivity (Wildman–Crippen MR) is 103 cm³/mol. The lowest BCUT2D eigenvalue weighted by Gasteiger charge is -2.16. The number of hydrogen-bond donors (Lipinski definition) is 1. The number of aryl methyl sites for hydroxylation is 3. The molecule has 2 aromatic carbocycles. The average Bonchev–Trinajstić information content (AvgIpc) is 2.65. The molecule has 0 aliphatic rings. The van der Waals surface area contributed by atoms with Crippen LogP contribution in [0.25, 0.3) is 11.0 Å². The van der Waals surface area contributed by atoms with Crippen molar-refractivity contribution in [3.63, 3.8) is 0 Å². The summed E-state index contributed by atoms with van der Waals surface area (Å²) in [5.41, 5.74) is 1.66. The standard InChI is InChI=1S/C20H20FN3O3/c1-4-23-16-10-12(3)15(11-17(16)24(5-2)20(27)19(23)26)22-18(25)13-6-8-14(21)9-7-13/h6-11H,4-5H2,1-3H3,(H,22,25). The average molecular weight is 369 g/mol. The van der Waals surface area contributed by atoms with Crippen molar-refractivity contribution in [2.24, 2.45) is 0 Å². The van der Waals surface area contributed by atoms with E-state index in [2.05, 4.69) is 5.32 Å². The molecular weight excluding hydrogens is 349 g/mol. The second-order valence-corrected chi connectivity index (χ2v) is 6.22. The Bertz CT molecular complexity index is 1140. The molecule has 27 heavy (non-hydrogen) atoms. The van der Waals surface area contributed by atoms with Gasteiger partial charge in [0.05, 0.1) is 11.0 Å². The van der Waals surface area contributed by atoms with Crippen LogP contribution in [0.1, 0.15) is 29.8 Å². The van der Waals surface area contributed by atoms with Crippen molar-refractivity contribution in [3.8, 4) is 0 Å². The van der Waals surface area contributed by atoms with Crippen LogP contribution >= 0.6 is 0 Å². The van der Waals surface area contributed by atoms with Crippen LogP contribution < -0.4 is 16.4 Å². The number of aromatic nitrogens is 2. The zero-order valence-corrected chi connectivity index (χ0v) is 15.4. The molecule has 0 spiro atoms. The zero-order valence-electron chi connectivity index (χ0n) is 15.4. The van der Waals surface area contributed by atoms with Crippen molar-refractivity contribution in [1.29, 1.82) is 0 Å². The Morgan fingerprint density at radius 3 is 2.00 bits per heavy atom. The van der Waals surface area contributed by atoms with Crippen LogP contribution in [0.4, 0.5) is 10.1 Å². The van der Waals surface area contributed by atoms with Crippen LogP contribution in [0.3, 0.4) is 0 Å². The number of anilines is 1. The lowest BCUT2D eigenvalue weighted by atomic mass is 10.1. The number of rotatable bonds is 4. The first-order chi connectivity index (χ1) is 12.9. The number of amides is 1. The first kappa shape index (κ1) is 18.6. The number of benzene rings is 2. The summed E-state index contributed by atoms with van der Waals surface area (Å²) in [4.78, 5) is 37.1. The number of fused-ring (bicyclic) bond motifs is 1. The third-order valence-corrected chi connectivity index (χ3v) is 4.56. The minimum absolute atomic E-state index is 0.322. The van der Waals surface area contributed by atoms with E-state index in [1.54, 1.807) is 26.0 Å². The van der Waals surface area contributed by atoms with Crippen molar-refractivity contribution >= 4 is 22.6 Å². The van der Waals surface area contributed by atoms with E-state index >= 15 is 0 Å². The summed E-state index contributed by atoms with van der Waals surface area (Å²) < 4.78 is 15.9. The molecule has 140 valence electrons. The molecule has 0 unspecified atom stereocenters. The molecule has 0 saturated carbocycles. The van der Waals surface area contributed by atoms with Crippen molar-refractivity contribution in [1.82, 2.24) is 9.13 Å². The Hall–Kier alpha value is -3.22. The molecule has 6 nitrogen and oxygen atoms in total. The van der Waals surface area contributed by atoms with Crippen molar-refractivity contribution in [2.75, 3.05) is 5.32 Å². The summed E-state index contributed by atoms with van der Waals surface area (Å²) in [5, 5.41) is 2.80. The topological polar surface area (TPSA) is 73.1 Å². The van der Waals surface area contributed by atoms with Gasteiger partial charge in [-0.1, -0.05) is 0 Å². The van der Waals surface area contributed by atoms with Gasteiger partial charge in [-0.3, -0.25) is 14.4 Å². The smallest absolute Gasteiger partial charge is 0.316 e. The minimum Gasteiger partial charge on any atom is -0.322 e. The molecule has 1 amide bonds. The SMILES string of the molecule is CCn1c(=O)c(=O)n(CC)c2cc(NC(=O)c3ccc(F)cc3)c(C)cc21. The maximum Gasteiger partial charge on any atom is 0.316 e. The summed E-state index contributed by atoms with van der Waals surface area (Å²) >= 11 is 0. The van der Waals surface area contributed by atoms with Gasteiger partial charge in [0.1, 0.15) is 5.82 Å². The maximum absolute atomic E-state index is 13.0. The van der Waals surface area contributed by atoms with Crippen LogP contribution in [-0.2, 0) is 13.1 Å². The van der Waals surface area contributed by atoms with E-state index in [0.717, 1.165) is 5.56 Å². The van der Waals surface area contributed by atoms with E-state index in [1.807, 2.05) is 6.92 Å². The van der Waals surface area contributed by atoms with E-state index < -0.39 is 16.9 Å². The molecule has 0 radical (unpaired) electrons. The van der Waals surface area contributed by atoms with Crippen LogP contribution in [0, 0.1) is 12.7 Å². The fourth-order valence-corrected chi connectivity index (χ4v) is 3.12. The fraction of sp³-hybridized carbons (Fsp3) is 0.250. The molecule has 3 rings (SSSR count). The van der Waals surface area contributed by atoms with Gasteiger partial charge >= 0.3 is 11.1 Å². The summed E-state index contributed by atoms with van der Waals surface area (Å²) in [6.45, 7) is 6.11. The van der Waals surface area contributed by atoms with Crippen LogP contribution in [0.2, 0.25) is 0 Å². The first-order valence-corrected chi connectivity index (χ1v) is 8.72. The Labute approximate surface area is 154 Å². The van der Waals surface area contributed by atoms with Gasteiger partial charge in [0.15, 0.2) is 0 Å². The molecule has 1 heterocycles. The van der Waals surface area contributed by atoms with Gasteiger partial charge in [0.25, 0.3) is 5.91 Å². The lowest BCUT2D eigenvalue weighted by molar-refractivity contribution is 0.102. The second kappa shape index (κ2) is 7.19. The van der Waals surface area contributed by atoms with Crippen LogP contribution in [0.15, 0.2) is 46.0 Å². The summed E-state index contributed by atoms with van der Waals surface area (Å²) in [7, 11) is 0. The highest BCUT2D eigenvalue weighted by atomic mass is 19.1. The minimum atomic E-state index is -0.591. The molecule has 0 saturated heterocycles. The molecule has 0 aliphatic carbocycles. The normalized spacial score (nSPS) is 11.0. The van der Waals surface area contributed by atoms with Gasteiger partial charge in [0, 0.05) is 24.3 Å². The number of carbonyl (C=O) groups excluding carboxylic acids is 1. The molecule has 0 fully saturated rings. The van der Waals surface area contributed by atoms with E-state index in [1.165, 1.54) is 33.4 Å². The van der Waals surface area contributed by atoms with E-state index in [4.69, 9.17) is 0 Å². The number of halogens is 1. The number of carbonyl (C=O) groups is 1. The molecule has 7 heteroatoms. The van der Waals surface area contributed by atoms with Crippen LogP contribution in [-0.4, -0.2) is 15.0 Å².